The molecule has 0 saturated heterocycles. The molecule has 1 rings (SSSR count). The minimum Gasteiger partial charge on any atom is -0.505 e. The molecule has 2 heteroatoms. The monoisotopic (exact) mass is 275 g/mol. The summed E-state index contributed by atoms with van der Waals surface area (Å²) in [4.78, 5) is 4.48. The van der Waals surface area contributed by atoms with Gasteiger partial charge in [-0.1, -0.05) is 61.5 Å². The maximum absolute atomic E-state index is 10.5. The lowest BCUT2D eigenvalue weighted by Gasteiger charge is -2.26. The zero-order valence-electron chi connectivity index (χ0n) is 14.2. The third-order valence-corrected chi connectivity index (χ3v) is 3.28. The van der Waals surface area contributed by atoms with E-state index in [2.05, 4.69) is 66.4 Å². The molecule has 1 N–H and O–H groups in total. The number of hydrogen-bond acceptors (Lipinski definition) is 2. The minimum absolute atomic E-state index is 0.0375. The molecule has 0 saturated carbocycles. The van der Waals surface area contributed by atoms with Crippen molar-refractivity contribution in [2.75, 3.05) is 0 Å². The van der Waals surface area contributed by atoms with Crippen molar-refractivity contribution in [1.82, 2.24) is 0 Å². The molecular weight excluding hydrogens is 246 g/mol. The Morgan fingerprint density at radius 2 is 1.55 bits per heavy atom. The van der Waals surface area contributed by atoms with E-state index in [1.807, 2.05) is 12.3 Å². The number of aliphatic imine (C=N–C) groups is 1. The highest BCUT2D eigenvalue weighted by molar-refractivity contribution is 5.70. The van der Waals surface area contributed by atoms with Crippen LogP contribution in [0.15, 0.2) is 17.1 Å². The summed E-state index contributed by atoms with van der Waals surface area (Å²) in [6.07, 6.45) is 1.88. The fourth-order valence-electron chi connectivity index (χ4n) is 1.95. The summed E-state index contributed by atoms with van der Waals surface area (Å²) in [6, 6.07) is 4.12. The lowest BCUT2D eigenvalue weighted by molar-refractivity contribution is 0.446. The van der Waals surface area contributed by atoms with E-state index in [4.69, 9.17) is 0 Å². The number of nitrogens with zero attached hydrogens (tertiary/aromatic N) is 1. The highest BCUT2D eigenvalue weighted by Crippen LogP contribution is 2.41. The summed E-state index contributed by atoms with van der Waals surface area (Å²) in [6.45, 7) is 17.1. The number of aromatic hydroxyl groups is 1. The van der Waals surface area contributed by atoms with Gasteiger partial charge in [0.2, 0.25) is 0 Å². The Balaban J connectivity index is 3.51. The highest BCUT2D eigenvalue weighted by Gasteiger charge is 2.24. The van der Waals surface area contributed by atoms with E-state index < -0.39 is 0 Å². The van der Waals surface area contributed by atoms with E-state index in [0.717, 1.165) is 5.56 Å². The van der Waals surface area contributed by atoms with E-state index in [0.29, 0.717) is 17.4 Å². The molecule has 0 aliphatic rings. The lowest BCUT2D eigenvalue weighted by Crippen LogP contribution is -2.16. The van der Waals surface area contributed by atoms with Gasteiger partial charge in [0.05, 0.1) is 0 Å². The van der Waals surface area contributed by atoms with E-state index in [1.54, 1.807) is 0 Å². The molecule has 112 valence electrons. The maximum Gasteiger partial charge on any atom is 0.144 e. The largest absolute Gasteiger partial charge is 0.505 e. The number of benzene rings is 1. The molecule has 0 aliphatic carbocycles. The molecule has 0 unspecified atom stereocenters. The normalized spacial score (nSPS) is 13.4. The van der Waals surface area contributed by atoms with Crippen molar-refractivity contribution in [1.29, 1.82) is 0 Å². The third-order valence-electron chi connectivity index (χ3n) is 3.28. The van der Waals surface area contributed by atoms with E-state index in [9.17, 15) is 5.11 Å². The molecule has 0 amide bonds. The maximum atomic E-state index is 10.5. The second kappa shape index (κ2) is 5.59. The first kappa shape index (κ1) is 16.7. The predicted octanol–water partition coefficient (Wildman–Crippen LogP) is 5.35. The molecular formula is C18H29NO. The summed E-state index contributed by atoms with van der Waals surface area (Å²) in [7, 11) is 0. The summed E-state index contributed by atoms with van der Waals surface area (Å²) in [5, 5.41) is 10.5. The number of rotatable bonds is 2. The molecule has 0 aromatic heterocycles. The average Bonchev–Trinajstić information content (AvgIpc) is 2.24. The quantitative estimate of drug-likeness (QED) is 0.725. The van der Waals surface area contributed by atoms with E-state index in [1.165, 1.54) is 5.56 Å². The van der Waals surface area contributed by atoms with Crippen LogP contribution in [0.2, 0.25) is 0 Å². The van der Waals surface area contributed by atoms with Gasteiger partial charge in [0.15, 0.2) is 0 Å². The SMILES string of the molecule is CC(C)/C=N\c1cc(C(C)(C)C)cc(C(C)(C)C)c1O. The van der Waals surface area contributed by atoms with Crippen LogP contribution in [0, 0.1) is 5.92 Å². The van der Waals surface area contributed by atoms with Crippen LogP contribution in [-0.2, 0) is 10.8 Å². The van der Waals surface area contributed by atoms with Gasteiger partial charge in [-0.05, 0) is 28.4 Å². The lowest BCUT2D eigenvalue weighted by atomic mass is 9.80. The standard InChI is InChI=1S/C18H29NO/c1-12(2)11-19-15-10-13(17(3,4)5)9-14(16(15)20)18(6,7)8/h9-12,20H,1-8H3/b19-11-. The zero-order valence-corrected chi connectivity index (χ0v) is 14.2. The van der Waals surface area contributed by atoms with Gasteiger partial charge in [0.1, 0.15) is 11.4 Å². The average molecular weight is 275 g/mol. The molecule has 0 heterocycles. The fraction of sp³-hybridized carbons (Fsp3) is 0.611. The Morgan fingerprint density at radius 3 is 1.95 bits per heavy atom. The van der Waals surface area contributed by atoms with Crippen LogP contribution in [0.3, 0.4) is 0 Å². The fourth-order valence-corrected chi connectivity index (χ4v) is 1.95. The van der Waals surface area contributed by atoms with Crippen LogP contribution in [0.25, 0.3) is 0 Å². The van der Waals surface area contributed by atoms with Gasteiger partial charge < -0.3 is 5.11 Å². The van der Waals surface area contributed by atoms with Gasteiger partial charge in [0, 0.05) is 11.8 Å². The van der Waals surface area contributed by atoms with Crippen molar-refractivity contribution >= 4 is 11.9 Å². The van der Waals surface area contributed by atoms with Crippen molar-refractivity contribution < 1.29 is 5.11 Å². The first-order chi connectivity index (χ1) is 8.93. The third kappa shape index (κ3) is 4.09. The van der Waals surface area contributed by atoms with E-state index in [-0.39, 0.29) is 10.8 Å². The summed E-state index contributed by atoms with van der Waals surface area (Å²) in [5.74, 6) is 0.674. The van der Waals surface area contributed by atoms with Crippen molar-refractivity contribution in [2.24, 2.45) is 10.9 Å². The van der Waals surface area contributed by atoms with Crippen LogP contribution in [0.1, 0.15) is 66.5 Å². The Morgan fingerprint density at radius 1 is 1.00 bits per heavy atom. The van der Waals surface area contributed by atoms with Gasteiger partial charge in [-0.15, -0.1) is 0 Å². The first-order valence-corrected chi connectivity index (χ1v) is 7.35. The molecule has 2 nitrogen and oxygen atoms in total. The molecule has 0 bridgehead atoms. The molecule has 0 aliphatic heterocycles. The van der Waals surface area contributed by atoms with Gasteiger partial charge in [-0.3, -0.25) is 4.99 Å². The second-order valence-corrected chi connectivity index (χ2v) is 7.91. The zero-order chi connectivity index (χ0) is 15.7. The molecule has 0 fully saturated rings. The molecule has 0 atom stereocenters. The molecule has 20 heavy (non-hydrogen) atoms. The number of phenolic OH excluding ortho intramolecular Hbond substituents is 1. The minimum atomic E-state index is -0.104. The van der Waals surface area contributed by atoms with Crippen molar-refractivity contribution in [3.8, 4) is 5.75 Å². The molecule has 0 spiro atoms. The van der Waals surface area contributed by atoms with E-state index >= 15 is 0 Å². The predicted molar refractivity (Wildman–Crippen MR) is 88.5 cm³/mol. The van der Waals surface area contributed by atoms with Gasteiger partial charge in [0.25, 0.3) is 0 Å². The number of phenols is 1. The number of hydrogen-bond donors (Lipinski definition) is 1. The van der Waals surface area contributed by atoms with Crippen LogP contribution < -0.4 is 0 Å². The molecule has 1 aromatic rings. The summed E-state index contributed by atoms with van der Waals surface area (Å²) < 4.78 is 0. The first-order valence-electron chi connectivity index (χ1n) is 7.35. The summed E-state index contributed by atoms with van der Waals surface area (Å²) in [5.41, 5.74) is 2.77. The van der Waals surface area contributed by atoms with Gasteiger partial charge in [-0.2, -0.15) is 0 Å². The van der Waals surface area contributed by atoms with Crippen LogP contribution >= 0.6 is 0 Å². The van der Waals surface area contributed by atoms with Gasteiger partial charge in [-0.25, -0.2) is 0 Å². The Bertz CT molecular complexity index is 499. The Kier molecular flexibility index (Phi) is 4.68. The van der Waals surface area contributed by atoms with Crippen LogP contribution in [-0.4, -0.2) is 11.3 Å². The Labute approximate surface area is 124 Å². The smallest absolute Gasteiger partial charge is 0.144 e. The molecule has 0 radical (unpaired) electrons. The van der Waals surface area contributed by atoms with Crippen LogP contribution in [0.4, 0.5) is 5.69 Å². The highest BCUT2D eigenvalue weighted by atomic mass is 16.3. The Hall–Kier alpha value is -1.31. The van der Waals surface area contributed by atoms with Gasteiger partial charge >= 0.3 is 0 Å². The van der Waals surface area contributed by atoms with Crippen LogP contribution in [0.5, 0.6) is 5.75 Å². The van der Waals surface area contributed by atoms with Crippen molar-refractivity contribution in [3.63, 3.8) is 0 Å². The van der Waals surface area contributed by atoms with Crippen molar-refractivity contribution in [2.45, 2.75) is 66.2 Å². The topological polar surface area (TPSA) is 32.6 Å². The van der Waals surface area contributed by atoms with Crippen molar-refractivity contribution in [3.05, 3.63) is 23.3 Å². The molecule has 1 aromatic carbocycles. The summed E-state index contributed by atoms with van der Waals surface area (Å²) >= 11 is 0. The second-order valence-electron chi connectivity index (χ2n) is 7.91.